The van der Waals surface area contributed by atoms with Crippen LogP contribution in [0.4, 0.5) is 0 Å². The van der Waals surface area contributed by atoms with Gasteiger partial charge in [0.1, 0.15) is 10.5 Å². The lowest BCUT2D eigenvalue weighted by molar-refractivity contribution is 0.826. The predicted molar refractivity (Wildman–Crippen MR) is 80.9 cm³/mol. The molecule has 0 aliphatic heterocycles. The smallest absolute Gasteiger partial charge is 0.163 e. The molecule has 2 heterocycles. The summed E-state index contributed by atoms with van der Waals surface area (Å²) in [5, 5.41) is 8.56. The number of hydrogen-bond donors (Lipinski definition) is 1. The Balaban J connectivity index is 1.95. The van der Waals surface area contributed by atoms with Gasteiger partial charge in [-0.05, 0) is 17.7 Å². The van der Waals surface area contributed by atoms with E-state index < -0.39 is 0 Å². The maximum absolute atomic E-state index is 5.14. The molecule has 3 aromatic rings. The van der Waals surface area contributed by atoms with Gasteiger partial charge in [-0.25, -0.2) is 0 Å². The maximum Gasteiger partial charge on any atom is 0.163 e. The molecule has 20 heavy (non-hydrogen) atoms. The van der Waals surface area contributed by atoms with Gasteiger partial charge in [0.2, 0.25) is 0 Å². The van der Waals surface area contributed by atoms with Crippen LogP contribution in [-0.2, 0) is 13.5 Å². The molecule has 0 aliphatic carbocycles. The van der Waals surface area contributed by atoms with E-state index in [2.05, 4.69) is 27.3 Å². The Kier molecular flexibility index (Phi) is 3.43. The highest BCUT2D eigenvalue weighted by Crippen LogP contribution is 2.17. The van der Waals surface area contributed by atoms with Crippen molar-refractivity contribution < 1.29 is 0 Å². The molecule has 0 bridgehead atoms. The van der Waals surface area contributed by atoms with E-state index in [0.717, 1.165) is 23.6 Å². The van der Waals surface area contributed by atoms with Crippen LogP contribution in [0.25, 0.3) is 11.4 Å². The van der Waals surface area contributed by atoms with Crippen LogP contribution in [0.1, 0.15) is 11.4 Å². The number of nitrogens with one attached hydrogen (secondary N) is 1. The summed E-state index contributed by atoms with van der Waals surface area (Å²) in [5.41, 5.74) is 2.20. The summed E-state index contributed by atoms with van der Waals surface area (Å²) in [7, 11) is 1.98. The Hall–Kier alpha value is -2.27. The van der Waals surface area contributed by atoms with Crippen LogP contribution < -0.4 is 0 Å². The molecule has 0 atom stereocenters. The topological polar surface area (TPSA) is 46.5 Å². The molecule has 1 aromatic carbocycles. The van der Waals surface area contributed by atoms with Gasteiger partial charge in [0.25, 0.3) is 0 Å². The Morgan fingerprint density at radius 2 is 1.95 bits per heavy atom. The third-order valence-corrected chi connectivity index (χ3v) is 3.44. The normalized spacial score (nSPS) is 10.7. The van der Waals surface area contributed by atoms with Crippen LogP contribution >= 0.6 is 12.2 Å². The third kappa shape index (κ3) is 2.53. The number of aromatic nitrogens is 4. The Morgan fingerprint density at radius 3 is 2.70 bits per heavy atom. The van der Waals surface area contributed by atoms with Crippen LogP contribution in [0.3, 0.4) is 0 Å². The van der Waals surface area contributed by atoms with Gasteiger partial charge in [-0.2, -0.15) is 0 Å². The van der Waals surface area contributed by atoms with E-state index in [1.54, 1.807) is 0 Å². The van der Waals surface area contributed by atoms with E-state index in [0.29, 0.717) is 4.64 Å². The molecule has 0 unspecified atom stereocenters. The lowest BCUT2D eigenvalue weighted by atomic mass is 10.1. The van der Waals surface area contributed by atoms with Crippen molar-refractivity contribution in [1.29, 1.82) is 0 Å². The van der Waals surface area contributed by atoms with Gasteiger partial charge in [0.05, 0.1) is 0 Å². The average Bonchev–Trinajstić information content (AvgIpc) is 2.81. The standard InChI is InChI=1S/C15H14N4S/c1-19-13(9-11-5-3-2-4-6-11)17-18-15(19)12-7-8-16-14(20)10-12/h2-8,10H,9H2,1H3,(H,16,20). The zero-order valence-corrected chi connectivity index (χ0v) is 11.9. The van der Waals surface area contributed by atoms with Crippen molar-refractivity contribution in [3.63, 3.8) is 0 Å². The first-order valence-electron chi connectivity index (χ1n) is 6.35. The summed E-state index contributed by atoms with van der Waals surface area (Å²) >= 11 is 5.14. The van der Waals surface area contributed by atoms with Gasteiger partial charge in [0.15, 0.2) is 5.82 Å². The Labute approximate surface area is 122 Å². The van der Waals surface area contributed by atoms with Crippen molar-refractivity contribution in [2.45, 2.75) is 6.42 Å². The van der Waals surface area contributed by atoms with Gasteiger partial charge in [-0.1, -0.05) is 42.5 Å². The summed E-state index contributed by atoms with van der Waals surface area (Å²) in [5.74, 6) is 1.76. The fraction of sp³-hybridized carbons (Fsp3) is 0.133. The highest BCUT2D eigenvalue weighted by molar-refractivity contribution is 7.71. The number of hydrogen-bond acceptors (Lipinski definition) is 3. The second-order valence-electron chi connectivity index (χ2n) is 4.60. The third-order valence-electron chi connectivity index (χ3n) is 3.20. The van der Waals surface area contributed by atoms with E-state index in [-0.39, 0.29) is 0 Å². The van der Waals surface area contributed by atoms with Crippen LogP contribution in [0.2, 0.25) is 0 Å². The molecule has 0 saturated heterocycles. The van der Waals surface area contributed by atoms with Gasteiger partial charge in [-0.15, -0.1) is 10.2 Å². The van der Waals surface area contributed by atoms with Crippen molar-refractivity contribution in [2.75, 3.05) is 0 Å². The largest absolute Gasteiger partial charge is 0.353 e. The number of benzene rings is 1. The zero-order chi connectivity index (χ0) is 13.9. The minimum absolute atomic E-state index is 0.690. The summed E-state index contributed by atoms with van der Waals surface area (Å²) in [6, 6.07) is 14.1. The van der Waals surface area contributed by atoms with Crippen LogP contribution in [0.5, 0.6) is 0 Å². The number of aromatic amines is 1. The summed E-state index contributed by atoms with van der Waals surface area (Å²) in [6.07, 6.45) is 2.59. The lowest BCUT2D eigenvalue weighted by Crippen LogP contribution is -2.00. The first kappa shape index (κ1) is 12.7. The van der Waals surface area contributed by atoms with Gasteiger partial charge in [-0.3, -0.25) is 0 Å². The molecule has 0 aliphatic rings. The van der Waals surface area contributed by atoms with Crippen molar-refractivity contribution in [3.05, 3.63) is 64.7 Å². The second-order valence-corrected chi connectivity index (χ2v) is 5.04. The first-order chi connectivity index (χ1) is 9.74. The SMILES string of the molecule is Cn1c(Cc2ccccc2)nnc1-c1cc[nH]c(=S)c1. The summed E-state index contributed by atoms with van der Waals surface area (Å²) < 4.78 is 2.70. The molecule has 0 radical (unpaired) electrons. The summed E-state index contributed by atoms with van der Waals surface area (Å²) in [6.45, 7) is 0. The minimum atomic E-state index is 0.690. The zero-order valence-electron chi connectivity index (χ0n) is 11.1. The molecule has 0 saturated carbocycles. The highest BCUT2D eigenvalue weighted by Gasteiger charge is 2.10. The van der Waals surface area contributed by atoms with E-state index >= 15 is 0 Å². The number of rotatable bonds is 3. The Morgan fingerprint density at radius 1 is 1.15 bits per heavy atom. The van der Waals surface area contributed by atoms with Crippen molar-refractivity contribution in [1.82, 2.24) is 19.7 Å². The quantitative estimate of drug-likeness (QED) is 0.751. The number of nitrogens with zero attached hydrogens (tertiary/aromatic N) is 3. The van der Waals surface area contributed by atoms with Crippen LogP contribution in [-0.4, -0.2) is 19.7 Å². The molecule has 5 heteroatoms. The maximum atomic E-state index is 5.14. The minimum Gasteiger partial charge on any atom is -0.353 e. The first-order valence-corrected chi connectivity index (χ1v) is 6.76. The van der Waals surface area contributed by atoms with E-state index in [9.17, 15) is 0 Å². The van der Waals surface area contributed by atoms with Crippen molar-refractivity contribution >= 4 is 12.2 Å². The van der Waals surface area contributed by atoms with Crippen LogP contribution in [0.15, 0.2) is 48.7 Å². The molecule has 0 spiro atoms. The molecule has 3 rings (SSSR count). The van der Waals surface area contributed by atoms with Crippen LogP contribution in [0, 0.1) is 4.64 Å². The fourth-order valence-corrected chi connectivity index (χ4v) is 2.32. The lowest BCUT2D eigenvalue weighted by Gasteiger charge is -2.04. The molecule has 0 amide bonds. The predicted octanol–water partition coefficient (Wildman–Crippen LogP) is 3.13. The molecule has 1 N–H and O–H groups in total. The average molecular weight is 282 g/mol. The number of pyridine rings is 1. The summed E-state index contributed by atoms with van der Waals surface area (Å²) in [4.78, 5) is 2.96. The molecular formula is C15H14N4S. The van der Waals surface area contributed by atoms with E-state index in [1.807, 2.05) is 48.1 Å². The van der Waals surface area contributed by atoms with Gasteiger partial charge >= 0.3 is 0 Å². The van der Waals surface area contributed by atoms with E-state index in [1.165, 1.54) is 5.56 Å². The number of H-pyrrole nitrogens is 1. The highest BCUT2D eigenvalue weighted by atomic mass is 32.1. The molecular weight excluding hydrogens is 268 g/mol. The molecule has 4 nitrogen and oxygen atoms in total. The monoisotopic (exact) mass is 282 g/mol. The van der Waals surface area contributed by atoms with Gasteiger partial charge in [0, 0.05) is 25.2 Å². The molecule has 100 valence electrons. The van der Waals surface area contributed by atoms with Gasteiger partial charge < -0.3 is 9.55 Å². The molecule has 2 aromatic heterocycles. The van der Waals surface area contributed by atoms with Crippen molar-refractivity contribution in [3.8, 4) is 11.4 Å². The Bertz CT molecular complexity index is 774. The van der Waals surface area contributed by atoms with E-state index in [4.69, 9.17) is 12.2 Å². The fourth-order valence-electron chi connectivity index (χ4n) is 2.13. The molecule has 0 fully saturated rings. The van der Waals surface area contributed by atoms with Crippen molar-refractivity contribution in [2.24, 2.45) is 7.05 Å². The second kappa shape index (κ2) is 5.38.